The van der Waals surface area contributed by atoms with Crippen LogP contribution in [-0.2, 0) is 5.41 Å². The lowest BCUT2D eigenvalue weighted by Crippen LogP contribution is -2.19. The number of rotatable bonds is 8. The molecule has 0 unspecified atom stereocenters. The molecule has 1 aromatic carbocycles. The Kier molecular flexibility index (Phi) is 6.01. The summed E-state index contributed by atoms with van der Waals surface area (Å²) in [5, 5.41) is 1.13. The number of benzene rings is 1. The molecule has 0 aliphatic carbocycles. The highest BCUT2D eigenvalue weighted by atomic mass is 16.3. The lowest BCUT2D eigenvalue weighted by molar-refractivity contribution is 0.438. The molecule has 0 amide bonds. The van der Waals surface area contributed by atoms with Crippen molar-refractivity contribution < 1.29 is 4.42 Å². The third-order valence-corrected chi connectivity index (χ3v) is 6.39. The van der Waals surface area contributed by atoms with Crippen molar-refractivity contribution in [3.8, 4) is 0 Å². The molecule has 1 nitrogen and oxygen atoms in total. The smallest absolute Gasteiger partial charge is 0.135 e. The van der Waals surface area contributed by atoms with Crippen molar-refractivity contribution in [2.45, 2.75) is 66.2 Å². The molecule has 0 fully saturated rings. The molecule has 0 saturated heterocycles. The molecular formula is C25H34O. The van der Waals surface area contributed by atoms with Gasteiger partial charge >= 0.3 is 0 Å². The van der Waals surface area contributed by atoms with E-state index in [1.807, 2.05) is 12.2 Å². The van der Waals surface area contributed by atoms with Crippen LogP contribution >= 0.6 is 0 Å². The van der Waals surface area contributed by atoms with E-state index in [4.69, 9.17) is 4.42 Å². The van der Waals surface area contributed by atoms with Gasteiger partial charge in [0.25, 0.3) is 0 Å². The molecule has 1 heterocycles. The zero-order valence-corrected chi connectivity index (χ0v) is 17.4. The summed E-state index contributed by atoms with van der Waals surface area (Å²) in [5.41, 5.74) is 4.78. The quantitative estimate of drug-likeness (QED) is 0.438. The number of allylic oxidation sites excluding steroid dienone is 2. The summed E-state index contributed by atoms with van der Waals surface area (Å²) in [6.45, 7) is 21.5. The van der Waals surface area contributed by atoms with Crippen molar-refractivity contribution in [1.29, 1.82) is 0 Å². The molecule has 26 heavy (non-hydrogen) atoms. The largest absolute Gasteiger partial charge is 0.456 e. The van der Waals surface area contributed by atoms with Gasteiger partial charge in [-0.05, 0) is 53.4 Å². The van der Waals surface area contributed by atoms with Crippen LogP contribution in [0.5, 0.6) is 0 Å². The van der Waals surface area contributed by atoms with E-state index in [0.29, 0.717) is 0 Å². The van der Waals surface area contributed by atoms with Crippen LogP contribution in [0.25, 0.3) is 23.1 Å². The fraction of sp³-hybridized carbons (Fsp3) is 0.440. The molecule has 0 N–H and O–H groups in total. The standard InChI is InChI=1S/C25H34O/c1-9-18(24(6,7)11-3)16-22-20(10-2)21-15-14-19(17-23(21)26-22)25(8,12-4)13-5/h9-10,14-17H,1-2,11-13H2,3-8H3/b18-16+. The first-order valence-electron chi connectivity index (χ1n) is 9.80. The zero-order valence-electron chi connectivity index (χ0n) is 17.4. The highest BCUT2D eigenvalue weighted by Crippen LogP contribution is 2.38. The Balaban J connectivity index is 2.66. The average molecular weight is 351 g/mol. The molecule has 1 heteroatoms. The Morgan fingerprint density at radius 2 is 1.69 bits per heavy atom. The van der Waals surface area contributed by atoms with Crippen LogP contribution in [0, 0.1) is 5.41 Å². The normalized spacial score (nSPS) is 13.2. The maximum Gasteiger partial charge on any atom is 0.135 e. The van der Waals surface area contributed by atoms with Crippen molar-refractivity contribution in [1.82, 2.24) is 0 Å². The highest BCUT2D eigenvalue weighted by Gasteiger charge is 2.24. The van der Waals surface area contributed by atoms with Crippen LogP contribution in [0.15, 0.2) is 47.4 Å². The first-order valence-corrected chi connectivity index (χ1v) is 9.80. The van der Waals surface area contributed by atoms with E-state index in [-0.39, 0.29) is 10.8 Å². The fourth-order valence-electron chi connectivity index (χ4n) is 3.36. The molecule has 0 saturated carbocycles. The van der Waals surface area contributed by atoms with Crippen molar-refractivity contribution in [3.05, 3.63) is 59.9 Å². The first kappa shape index (κ1) is 20.3. The number of furan rings is 1. The van der Waals surface area contributed by atoms with Crippen LogP contribution in [0.4, 0.5) is 0 Å². The summed E-state index contributed by atoms with van der Waals surface area (Å²) in [4.78, 5) is 0. The Morgan fingerprint density at radius 1 is 1.04 bits per heavy atom. The first-order chi connectivity index (χ1) is 12.3. The van der Waals surface area contributed by atoms with Gasteiger partial charge in [0.2, 0.25) is 0 Å². The zero-order chi connectivity index (χ0) is 19.5. The van der Waals surface area contributed by atoms with E-state index in [0.717, 1.165) is 41.6 Å². The number of fused-ring (bicyclic) bond motifs is 1. The van der Waals surface area contributed by atoms with Gasteiger partial charge in [0.05, 0.1) is 0 Å². The second-order valence-electron chi connectivity index (χ2n) is 8.10. The monoisotopic (exact) mass is 350 g/mol. The van der Waals surface area contributed by atoms with Crippen LogP contribution in [0.3, 0.4) is 0 Å². The summed E-state index contributed by atoms with van der Waals surface area (Å²) in [7, 11) is 0. The SMILES string of the molecule is C=C/C(=C\c1oc2cc(C(C)(CC)CC)ccc2c1C=C)C(C)(C)CC. The van der Waals surface area contributed by atoms with Gasteiger partial charge in [-0.15, -0.1) is 0 Å². The van der Waals surface area contributed by atoms with Gasteiger partial charge in [-0.2, -0.15) is 0 Å². The molecule has 0 radical (unpaired) electrons. The summed E-state index contributed by atoms with van der Waals surface area (Å²) in [6.07, 6.45) is 9.25. The van der Waals surface area contributed by atoms with Crippen molar-refractivity contribution in [2.75, 3.05) is 0 Å². The lowest BCUT2D eigenvalue weighted by Gasteiger charge is -2.27. The highest BCUT2D eigenvalue weighted by molar-refractivity contribution is 5.91. The van der Waals surface area contributed by atoms with Gasteiger partial charge in [0, 0.05) is 10.9 Å². The van der Waals surface area contributed by atoms with Gasteiger partial charge in [-0.3, -0.25) is 0 Å². The summed E-state index contributed by atoms with van der Waals surface area (Å²) in [5.74, 6) is 0.873. The minimum absolute atomic E-state index is 0.0628. The summed E-state index contributed by atoms with van der Waals surface area (Å²) in [6, 6.07) is 6.64. The van der Waals surface area contributed by atoms with Gasteiger partial charge in [-0.1, -0.05) is 79.0 Å². The second-order valence-corrected chi connectivity index (χ2v) is 8.10. The van der Waals surface area contributed by atoms with Crippen molar-refractivity contribution in [3.63, 3.8) is 0 Å². The molecule has 2 aromatic rings. The predicted molar refractivity (Wildman–Crippen MR) is 116 cm³/mol. The fourth-order valence-corrected chi connectivity index (χ4v) is 3.36. The number of hydrogen-bond acceptors (Lipinski definition) is 1. The van der Waals surface area contributed by atoms with E-state index in [1.165, 1.54) is 11.1 Å². The van der Waals surface area contributed by atoms with Gasteiger partial charge in [0.15, 0.2) is 0 Å². The Morgan fingerprint density at radius 3 is 2.19 bits per heavy atom. The number of hydrogen-bond donors (Lipinski definition) is 0. The summed E-state index contributed by atoms with van der Waals surface area (Å²) >= 11 is 0. The van der Waals surface area contributed by atoms with E-state index < -0.39 is 0 Å². The molecule has 0 atom stereocenters. The summed E-state index contributed by atoms with van der Waals surface area (Å²) < 4.78 is 6.29. The van der Waals surface area contributed by atoms with Crippen molar-refractivity contribution >= 4 is 23.1 Å². The average Bonchev–Trinajstić information content (AvgIpc) is 3.01. The Labute approximate surface area is 159 Å². The molecule has 2 rings (SSSR count). The molecule has 0 spiro atoms. The Bertz CT molecular complexity index is 825. The Hall–Kier alpha value is -2.02. The van der Waals surface area contributed by atoms with E-state index in [2.05, 4.69) is 79.0 Å². The maximum atomic E-state index is 6.29. The van der Waals surface area contributed by atoms with E-state index in [9.17, 15) is 0 Å². The van der Waals surface area contributed by atoms with Gasteiger partial charge in [0.1, 0.15) is 11.3 Å². The van der Waals surface area contributed by atoms with Crippen molar-refractivity contribution in [2.24, 2.45) is 5.41 Å². The molecule has 0 aliphatic rings. The topological polar surface area (TPSA) is 13.1 Å². The van der Waals surface area contributed by atoms with Crippen LogP contribution in [-0.4, -0.2) is 0 Å². The minimum Gasteiger partial charge on any atom is -0.456 e. The van der Waals surface area contributed by atoms with Crippen LogP contribution in [0.2, 0.25) is 0 Å². The third-order valence-electron chi connectivity index (χ3n) is 6.39. The maximum absolute atomic E-state index is 6.29. The van der Waals surface area contributed by atoms with E-state index in [1.54, 1.807) is 0 Å². The second kappa shape index (κ2) is 7.70. The molecular weight excluding hydrogens is 316 g/mol. The van der Waals surface area contributed by atoms with Gasteiger partial charge < -0.3 is 4.42 Å². The molecule has 1 aromatic heterocycles. The third kappa shape index (κ3) is 3.58. The molecule has 140 valence electrons. The van der Waals surface area contributed by atoms with E-state index >= 15 is 0 Å². The minimum atomic E-state index is 0.0628. The predicted octanol–water partition coefficient (Wildman–Crippen LogP) is 8.16. The van der Waals surface area contributed by atoms with Crippen LogP contribution < -0.4 is 0 Å². The molecule has 0 bridgehead atoms. The molecule has 0 aliphatic heterocycles. The van der Waals surface area contributed by atoms with Crippen LogP contribution in [0.1, 0.15) is 77.7 Å². The lowest BCUT2D eigenvalue weighted by atomic mass is 9.77. The van der Waals surface area contributed by atoms with Gasteiger partial charge in [-0.25, -0.2) is 0 Å².